The Hall–Kier alpha value is -2.22. The Morgan fingerprint density at radius 2 is 2.09 bits per heavy atom. The molecule has 0 saturated heterocycles. The zero-order valence-corrected chi connectivity index (χ0v) is 13.9. The maximum absolute atomic E-state index is 12.0. The van der Waals surface area contributed by atoms with Crippen LogP contribution in [-0.4, -0.2) is 12.5 Å². The highest BCUT2D eigenvalue weighted by atomic mass is 35.5. The van der Waals surface area contributed by atoms with Crippen LogP contribution in [0.5, 0.6) is 5.75 Å². The summed E-state index contributed by atoms with van der Waals surface area (Å²) in [4.78, 5) is 12.0. The third kappa shape index (κ3) is 4.88. The first-order valence-corrected chi connectivity index (χ1v) is 7.62. The fourth-order valence-corrected chi connectivity index (χ4v) is 2.41. The molecule has 1 N–H and O–H groups in total. The van der Waals surface area contributed by atoms with E-state index in [1.807, 2.05) is 25.1 Å². The van der Waals surface area contributed by atoms with Gasteiger partial charge in [0, 0.05) is 5.02 Å². The number of nitriles is 1. The second-order valence-electron chi connectivity index (χ2n) is 4.89. The molecule has 1 atom stereocenters. The molecule has 0 aromatic heterocycles. The van der Waals surface area contributed by atoms with Gasteiger partial charge in [-0.2, -0.15) is 5.26 Å². The number of benzene rings is 2. The zero-order chi connectivity index (χ0) is 16.8. The Balaban J connectivity index is 1.91. The molecule has 2 rings (SSSR count). The van der Waals surface area contributed by atoms with E-state index in [0.29, 0.717) is 21.4 Å². The highest BCUT2D eigenvalue weighted by molar-refractivity contribution is 6.32. The van der Waals surface area contributed by atoms with Crippen molar-refractivity contribution in [2.75, 3.05) is 6.61 Å². The SMILES string of the molecule is C[C@@H](NC(=O)COc1ccc(C#N)cc1Cl)c1cccc(Cl)c1. The van der Waals surface area contributed by atoms with Crippen LogP contribution in [0.15, 0.2) is 42.5 Å². The maximum atomic E-state index is 12.0. The quantitative estimate of drug-likeness (QED) is 0.883. The number of carbonyl (C=O) groups is 1. The van der Waals surface area contributed by atoms with Gasteiger partial charge in [0.05, 0.1) is 22.7 Å². The monoisotopic (exact) mass is 348 g/mol. The van der Waals surface area contributed by atoms with Crippen molar-refractivity contribution in [2.45, 2.75) is 13.0 Å². The highest BCUT2D eigenvalue weighted by Crippen LogP contribution is 2.25. The molecule has 23 heavy (non-hydrogen) atoms. The summed E-state index contributed by atoms with van der Waals surface area (Å²) in [5, 5.41) is 12.5. The number of nitrogens with zero attached hydrogens (tertiary/aromatic N) is 1. The van der Waals surface area contributed by atoms with Crippen molar-refractivity contribution in [2.24, 2.45) is 0 Å². The van der Waals surface area contributed by atoms with E-state index in [1.54, 1.807) is 24.3 Å². The summed E-state index contributed by atoms with van der Waals surface area (Å²) < 4.78 is 5.38. The summed E-state index contributed by atoms with van der Waals surface area (Å²) in [5.41, 5.74) is 1.34. The van der Waals surface area contributed by atoms with Gasteiger partial charge >= 0.3 is 0 Å². The molecule has 0 aliphatic rings. The standard InChI is InChI=1S/C17H14Cl2N2O2/c1-11(13-3-2-4-14(18)8-13)21-17(22)10-23-16-6-5-12(9-20)7-15(16)19/h2-8,11H,10H2,1H3,(H,21,22)/t11-/m1/s1. The average Bonchev–Trinajstić information content (AvgIpc) is 2.53. The normalized spacial score (nSPS) is 11.4. The van der Waals surface area contributed by atoms with Gasteiger partial charge in [-0.3, -0.25) is 4.79 Å². The lowest BCUT2D eigenvalue weighted by Crippen LogP contribution is -2.31. The molecule has 0 aliphatic heterocycles. The van der Waals surface area contributed by atoms with E-state index in [2.05, 4.69) is 5.32 Å². The van der Waals surface area contributed by atoms with Crippen LogP contribution in [0, 0.1) is 11.3 Å². The zero-order valence-electron chi connectivity index (χ0n) is 12.3. The second-order valence-corrected chi connectivity index (χ2v) is 5.73. The van der Waals surface area contributed by atoms with Gasteiger partial charge in [0.15, 0.2) is 6.61 Å². The summed E-state index contributed by atoms with van der Waals surface area (Å²) in [6.45, 7) is 1.69. The van der Waals surface area contributed by atoms with Crippen LogP contribution in [0.1, 0.15) is 24.1 Å². The average molecular weight is 349 g/mol. The molecule has 0 heterocycles. The molecule has 1 amide bonds. The van der Waals surface area contributed by atoms with E-state index in [4.69, 9.17) is 33.2 Å². The predicted molar refractivity (Wildman–Crippen MR) is 89.7 cm³/mol. The third-order valence-electron chi connectivity index (χ3n) is 3.15. The lowest BCUT2D eigenvalue weighted by Gasteiger charge is -2.15. The number of halogens is 2. The van der Waals surface area contributed by atoms with E-state index in [1.165, 1.54) is 6.07 Å². The van der Waals surface area contributed by atoms with E-state index < -0.39 is 0 Å². The molecule has 0 unspecified atom stereocenters. The van der Waals surface area contributed by atoms with Crippen molar-refractivity contribution in [1.29, 1.82) is 5.26 Å². The Labute approximate surface area is 144 Å². The first kappa shape index (κ1) is 17.1. The number of amides is 1. The highest BCUT2D eigenvalue weighted by Gasteiger charge is 2.11. The van der Waals surface area contributed by atoms with Crippen LogP contribution in [0.4, 0.5) is 0 Å². The molecule has 6 heteroatoms. The Bertz CT molecular complexity index is 756. The van der Waals surface area contributed by atoms with E-state index in [0.717, 1.165) is 5.56 Å². The number of nitrogens with one attached hydrogen (secondary N) is 1. The summed E-state index contributed by atoms with van der Waals surface area (Å²) in [6.07, 6.45) is 0. The number of hydrogen-bond acceptors (Lipinski definition) is 3. The van der Waals surface area contributed by atoms with Gasteiger partial charge < -0.3 is 10.1 Å². The van der Waals surface area contributed by atoms with Gasteiger partial charge in [-0.05, 0) is 42.8 Å². The van der Waals surface area contributed by atoms with Crippen LogP contribution in [0.25, 0.3) is 0 Å². The van der Waals surface area contributed by atoms with Crippen LogP contribution in [0.2, 0.25) is 10.0 Å². The smallest absolute Gasteiger partial charge is 0.258 e. The maximum Gasteiger partial charge on any atom is 0.258 e. The Kier molecular flexibility index (Phi) is 5.86. The predicted octanol–water partition coefficient (Wildman–Crippen LogP) is 4.12. The number of ether oxygens (including phenoxy) is 1. The first-order valence-electron chi connectivity index (χ1n) is 6.87. The van der Waals surface area contributed by atoms with Crippen molar-refractivity contribution >= 4 is 29.1 Å². The molecule has 118 valence electrons. The van der Waals surface area contributed by atoms with E-state index in [9.17, 15) is 4.79 Å². The second kappa shape index (κ2) is 7.87. The Morgan fingerprint density at radius 1 is 1.30 bits per heavy atom. The van der Waals surface area contributed by atoms with Gasteiger partial charge in [0.1, 0.15) is 5.75 Å². The molecule has 0 spiro atoms. The van der Waals surface area contributed by atoms with Gasteiger partial charge in [0.2, 0.25) is 0 Å². The number of hydrogen-bond donors (Lipinski definition) is 1. The Morgan fingerprint density at radius 3 is 2.74 bits per heavy atom. The van der Waals surface area contributed by atoms with E-state index in [-0.39, 0.29) is 18.6 Å². The van der Waals surface area contributed by atoms with E-state index >= 15 is 0 Å². The van der Waals surface area contributed by atoms with Crippen LogP contribution in [0.3, 0.4) is 0 Å². The van der Waals surface area contributed by atoms with Crippen molar-refractivity contribution in [3.05, 3.63) is 63.6 Å². The topological polar surface area (TPSA) is 62.1 Å². The van der Waals surface area contributed by atoms with Gasteiger partial charge in [-0.1, -0.05) is 35.3 Å². The molecule has 0 aliphatic carbocycles. The summed E-state index contributed by atoms with van der Waals surface area (Å²) >= 11 is 11.9. The molecule has 0 saturated carbocycles. The fourth-order valence-electron chi connectivity index (χ4n) is 1.97. The van der Waals surface area contributed by atoms with Gasteiger partial charge in [0.25, 0.3) is 5.91 Å². The minimum absolute atomic E-state index is 0.170. The largest absolute Gasteiger partial charge is 0.482 e. The molecule has 2 aromatic carbocycles. The van der Waals surface area contributed by atoms with Crippen molar-refractivity contribution in [3.8, 4) is 11.8 Å². The van der Waals surface area contributed by atoms with Crippen LogP contribution >= 0.6 is 23.2 Å². The number of carbonyl (C=O) groups excluding carboxylic acids is 1. The number of rotatable bonds is 5. The molecule has 0 fully saturated rings. The summed E-state index contributed by atoms with van der Waals surface area (Å²) in [6, 6.07) is 13.7. The minimum atomic E-state index is -0.280. The van der Waals surface area contributed by atoms with Crippen molar-refractivity contribution in [3.63, 3.8) is 0 Å². The van der Waals surface area contributed by atoms with Crippen molar-refractivity contribution < 1.29 is 9.53 Å². The fraction of sp³-hybridized carbons (Fsp3) is 0.176. The lowest BCUT2D eigenvalue weighted by atomic mass is 10.1. The molecule has 0 bridgehead atoms. The van der Waals surface area contributed by atoms with Gasteiger partial charge in [-0.15, -0.1) is 0 Å². The molecule has 0 radical (unpaired) electrons. The molecule has 2 aromatic rings. The van der Waals surface area contributed by atoms with Crippen LogP contribution < -0.4 is 10.1 Å². The van der Waals surface area contributed by atoms with Crippen LogP contribution in [-0.2, 0) is 4.79 Å². The summed E-state index contributed by atoms with van der Waals surface area (Å²) in [7, 11) is 0. The molecular weight excluding hydrogens is 335 g/mol. The lowest BCUT2D eigenvalue weighted by molar-refractivity contribution is -0.123. The minimum Gasteiger partial charge on any atom is -0.482 e. The molecule has 4 nitrogen and oxygen atoms in total. The first-order chi connectivity index (χ1) is 11.0. The summed E-state index contributed by atoms with van der Waals surface area (Å²) in [5.74, 6) is 0.0779. The third-order valence-corrected chi connectivity index (χ3v) is 3.68. The molecular formula is C17H14Cl2N2O2. The van der Waals surface area contributed by atoms with Crippen molar-refractivity contribution in [1.82, 2.24) is 5.32 Å². The van der Waals surface area contributed by atoms with Gasteiger partial charge in [-0.25, -0.2) is 0 Å².